The fourth-order valence-electron chi connectivity index (χ4n) is 1.62. The highest BCUT2D eigenvalue weighted by Crippen LogP contribution is 2.29. The molecule has 0 amide bonds. The van der Waals surface area contributed by atoms with Crippen LogP contribution < -0.4 is 0 Å². The lowest BCUT2D eigenvalue weighted by Gasteiger charge is -2.04. The molecule has 0 saturated heterocycles. The average Bonchev–Trinajstić information content (AvgIpc) is 2.21. The normalized spacial score (nSPS) is 10.7. The Labute approximate surface area is 97.0 Å². The van der Waals surface area contributed by atoms with Crippen molar-refractivity contribution in [2.24, 2.45) is 0 Å². The highest BCUT2D eigenvalue weighted by atomic mass is 35.5. The number of nitrogens with zero attached hydrogens (tertiary/aromatic N) is 2. The van der Waals surface area contributed by atoms with Gasteiger partial charge < -0.3 is 0 Å². The zero-order valence-corrected chi connectivity index (χ0v) is 9.58. The van der Waals surface area contributed by atoms with Gasteiger partial charge in [0.1, 0.15) is 5.15 Å². The van der Waals surface area contributed by atoms with Crippen LogP contribution in [-0.4, -0.2) is 9.91 Å². The van der Waals surface area contributed by atoms with Gasteiger partial charge in [-0.1, -0.05) is 17.7 Å². The summed E-state index contributed by atoms with van der Waals surface area (Å²) in [6.07, 6.45) is 0. The summed E-state index contributed by atoms with van der Waals surface area (Å²) in [5.74, 6) is 0. The van der Waals surface area contributed by atoms with Crippen LogP contribution in [0.5, 0.6) is 0 Å². The van der Waals surface area contributed by atoms with Crippen LogP contribution >= 0.6 is 11.6 Å². The number of nitro benzene ring substituents is 1. The van der Waals surface area contributed by atoms with Crippen molar-refractivity contribution in [2.75, 3.05) is 0 Å². The van der Waals surface area contributed by atoms with Gasteiger partial charge in [0.2, 0.25) is 0 Å². The molecule has 0 spiro atoms. The molecule has 2 aromatic rings. The Morgan fingerprint density at radius 2 is 2.00 bits per heavy atom. The fraction of sp³-hybridized carbons (Fsp3) is 0.182. The van der Waals surface area contributed by atoms with Crippen molar-refractivity contribution in [1.29, 1.82) is 0 Å². The molecule has 0 aliphatic carbocycles. The van der Waals surface area contributed by atoms with Crippen LogP contribution in [0.2, 0.25) is 5.15 Å². The first kappa shape index (κ1) is 10.8. The second kappa shape index (κ2) is 3.72. The molecular formula is C11H9ClN2O2. The van der Waals surface area contributed by atoms with E-state index in [1.165, 1.54) is 6.07 Å². The minimum absolute atomic E-state index is 0.0628. The summed E-state index contributed by atoms with van der Waals surface area (Å²) >= 11 is 5.91. The molecule has 1 heterocycles. The van der Waals surface area contributed by atoms with E-state index in [1.807, 2.05) is 6.92 Å². The van der Waals surface area contributed by atoms with Crippen LogP contribution in [-0.2, 0) is 0 Å². The molecule has 0 saturated carbocycles. The fourth-order valence-corrected chi connectivity index (χ4v) is 1.76. The smallest absolute Gasteiger partial charge is 0.258 e. The molecule has 82 valence electrons. The van der Waals surface area contributed by atoms with Crippen molar-refractivity contribution in [1.82, 2.24) is 4.98 Å². The van der Waals surface area contributed by atoms with Gasteiger partial charge in [-0.05, 0) is 31.0 Å². The number of aryl methyl sites for hydroxylation is 2. The van der Waals surface area contributed by atoms with Gasteiger partial charge in [0, 0.05) is 6.07 Å². The number of nitro groups is 1. The summed E-state index contributed by atoms with van der Waals surface area (Å²) < 4.78 is 0. The summed E-state index contributed by atoms with van der Waals surface area (Å²) in [5, 5.41) is 11.8. The Morgan fingerprint density at radius 1 is 1.31 bits per heavy atom. The van der Waals surface area contributed by atoms with Crippen molar-refractivity contribution in [3.8, 4) is 0 Å². The SMILES string of the molecule is Cc1cc2c([N+](=O)[O-])ccc(C)c2nc1Cl. The largest absolute Gasteiger partial charge is 0.278 e. The Kier molecular flexibility index (Phi) is 2.52. The van der Waals surface area contributed by atoms with Crippen molar-refractivity contribution in [3.63, 3.8) is 0 Å². The summed E-state index contributed by atoms with van der Waals surface area (Å²) in [7, 11) is 0. The molecule has 2 rings (SSSR count). The molecular weight excluding hydrogens is 228 g/mol. The van der Waals surface area contributed by atoms with Crippen LogP contribution in [0.4, 0.5) is 5.69 Å². The van der Waals surface area contributed by atoms with Crippen LogP contribution in [0.1, 0.15) is 11.1 Å². The first-order chi connectivity index (χ1) is 7.50. The zero-order valence-electron chi connectivity index (χ0n) is 8.82. The lowest BCUT2D eigenvalue weighted by atomic mass is 10.1. The van der Waals surface area contributed by atoms with Gasteiger partial charge in [0.15, 0.2) is 0 Å². The highest BCUT2D eigenvalue weighted by Gasteiger charge is 2.15. The standard InChI is InChI=1S/C11H9ClN2O2/c1-6-3-4-9(14(15)16)8-5-7(2)11(12)13-10(6)8/h3-5H,1-2H3. The number of non-ortho nitro benzene ring substituents is 1. The van der Waals surface area contributed by atoms with Crippen molar-refractivity contribution in [3.05, 3.63) is 44.6 Å². The third-order valence-electron chi connectivity index (χ3n) is 2.49. The molecule has 0 N–H and O–H groups in total. The summed E-state index contributed by atoms with van der Waals surface area (Å²) in [6.45, 7) is 3.63. The summed E-state index contributed by atoms with van der Waals surface area (Å²) in [6, 6.07) is 4.88. The average molecular weight is 237 g/mol. The van der Waals surface area contributed by atoms with Crippen molar-refractivity contribution >= 4 is 28.2 Å². The van der Waals surface area contributed by atoms with Gasteiger partial charge in [-0.3, -0.25) is 10.1 Å². The number of rotatable bonds is 1. The monoisotopic (exact) mass is 236 g/mol. The van der Waals surface area contributed by atoms with Crippen LogP contribution in [0.15, 0.2) is 18.2 Å². The van der Waals surface area contributed by atoms with Gasteiger partial charge in [-0.15, -0.1) is 0 Å². The van der Waals surface area contributed by atoms with E-state index in [-0.39, 0.29) is 5.69 Å². The van der Waals surface area contributed by atoms with Crippen LogP contribution in [0.3, 0.4) is 0 Å². The number of benzene rings is 1. The summed E-state index contributed by atoms with van der Waals surface area (Å²) in [4.78, 5) is 14.6. The van der Waals surface area contributed by atoms with E-state index in [2.05, 4.69) is 4.98 Å². The minimum atomic E-state index is -0.406. The number of aromatic nitrogens is 1. The molecule has 1 aromatic carbocycles. The second-order valence-electron chi connectivity index (χ2n) is 3.65. The topological polar surface area (TPSA) is 56.0 Å². The van der Waals surface area contributed by atoms with Gasteiger partial charge in [-0.25, -0.2) is 4.98 Å². The second-order valence-corrected chi connectivity index (χ2v) is 4.01. The van der Waals surface area contributed by atoms with Crippen LogP contribution in [0, 0.1) is 24.0 Å². The van der Waals surface area contributed by atoms with Crippen molar-refractivity contribution in [2.45, 2.75) is 13.8 Å². The van der Waals surface area contributed by atoms with Gasteiger partial charge in [0.05, 0.1) is 15.8 Å². The number of hydrogen-bond donors (Lipinski definition) is 0. The van der Waals surface area contributed by atoms with Crippen LogP contribution in [0.25, 0.3) is 10.9 Å². The molecule has 0 aliphatic rings. The number of fused-ring (bicyclic) bond motifs is 1. The van der Waals surface area contributed by atoms with E-state index in [9.17, 15) is 10.1 Å². The quantitative estimate of drug-likeness (QED) is 0.433. The Morgan fingerprint density at radius 3 is 2.62 bits per heavy atom. The number of pyridine rings is 1. The predicted octanol–water partition coefficient (Wildman–Crippen LogP) is 3.41. The van der Waals surface area contributed by atoms with Crippen molar-refractivity contribution < 1.29 is 4.92 Å². The van der Waals surface area contributed by atoms with E-state index in [4.69, 9.17) is 11.6 Å². The van der Waals surface area contributed by atoms with Gasteiger partial charge in [0.25, 0.3) is 5.69 Å². The van der Waals surface area contributed by atoms with E-state index in [0.29, 0.717) is 16.1 Å². The maximum Gasteiger partial charge on any atom is 0.278 e. The number of hydrogen-bond acceptors (Lipinski definition) is 3. The third-order valence-corrected chi connectivity index (χ3v) is 2.87. The minimum Gasteiger partial charge on any atom is -0.258 e. The molecule has 0 atom stereocenters. The predicted molar refractivity (Wildman–Crippen MR) is 62.9 cm³/mol. The summed E-state index contributed by atoms with van der Waals surface area (Å²) in [5.41, 5.74) is 2.27. The van der Waals surface area contributed by atoms with E-state index in [1.54, 1.807) is 19.1 Å². The van der Waals surface area contributed by atoms with E-state index >= 15 is 0 Å². The zero-order chi connectivity index (χ0) is 11.9. The van der Waals surface area contributed by atoms with E-state index < -0.39 is 4.92 Å². The van der Waals surface area contributed by atoms with Gasteiger partial charge in [-0.2, -0.15) is 0 Å². The third kappa shape index (κ3) is 1.61. The Bertz CT molecular complexity index is 596. The molecule has 0 fully saturated rings. The molecule has 0 bridgehead atoms. The maximum absolute atomic E-state index is 10.9. The molecule has 1 aromatic heterocycles. The first-order valence-electron chi connectivity index (χ1n) is 4.71. The maximum atomic E-state index is 10.9. The molecule has 0 aliphatic heterocycles. The molecule has 0 unspecified atom stereocenters. The molecule has 4 nitrogen and oxygen atoms in total. The lowest BCUT2D eigenvalue weighted by molar-refractivity contribution is -0.383. The first-order valence-corrected chi connectivity index (χ1v) is 5.09. The Balaban J connectivity index is 2.93. The molecule has 16 heavy (non-hydrogen) atoms. The number of halogens is 1. The van der Waals surface area contributed by atoms with E-state index in [0.717, 1.165) is 11.1 Å². The Hall–Kier alpha value is -1.68. The molecule has 0 radical (unpaired) electrons. The van der Waals surface area contributed by atoms with Gasteiger partial charge >= 0.3 is 0 Å². The lowest BCUT2D eigenvalue weighted by Crippen LogP contribution is -1.94. The molecule has 5 heteroatoms. The highest BCUT2D eigenvalue weighted by molar-refractivity contribution is 6.30.